The molecule has 1 atom stereocenters. The Morgan fingerprint density at radius 1 is 1.30 bits per heavy atom. The summed E-state index contributed by atoms with van der Waals surface area (Å²) in [5, 5.41) is 0. The highest BCUT2D eigenvalue weighted by Gasteiger charge is 2.27. The van der Waals surface area contributed by atoms with Crippen molar-refractivity contribution >= 4 is 5.91 Å². The summed E-state index contributed by atoms with van der Waals surface area (Å²) < 4.78 is 0. The summed E-state index contributed by atoms with van der Waals surface area (Å²) in [5.74, 6) is -0.0345. The third kappa shape index (κ3) is 3.44. The van der Waals surface area contributed by atoms with Crippen molar-refractivity contribution in [3.05, 3.63) is 51.7 Å². The number of hydrogen-bond acceptors (Lipinski definition) is 5. The molecule has 3 rings (SSSR count). The molecule has 0 bridgehead atoms. The number of amides is 1. The topological polar surface area (TPSA) is 91.8 Å². The average molecular weight is 313 g/mol. The number of nitrogens with zero attached hydrogens (tertiary/aromatic N) is 4. The molecule has 120 valence electrons. The normalized spacial score (nSPS) is 18.0. The van der Waals surface area contributed by atoms with Crippen LogP contribution in [0.2, 0.25) is 0 Å². The van der Waals surface area contributed by atoms with Gasteiger partial charge in [-0.2, -0.15) is 4.98 Å². The SMILES string of the molecule is Cc1cncc([C@H]2CCCN(C(=O)c3cc(C)[nH]c(=O)n3)C2)n1. The second kappa shape index (κ2) is 6.28. The Labute approximate surface area is 133 Å². The first-order valence-electron chi connectivity index (χ1n) is 7.69. The number of piperidine rings is 1. The van der Waals surface area contributed by atoms with Gasteiger partial charge in [0.2, 0.25) is 0 Å². The molecule has 1 aliphatic rings. The Morgan fingerprint density at radius 3 is 2.87 bits per heavy atom. The number of H-pyrrole nitrogens is 1. The van der Waals surface area contributed by atoms with Crippen LogP contribution < -0.4 is 5.69 Å². The van der Waals surface area contributed by atoms with Crippen molar-refractivity contribution in [3.63, 3.8) is 0 Å². The molecule has 1 aliphatic heterocycles. The third-order valence-corrected chi connectivity index (χ3v) is 4.00. The van der Waals surface area contributed by atoms with Gasteiger partial charge in [-0.15, -0.1) is 0 Å². The predicted octanol–water partition coefficient (Wildman–Crippen LogP) is 1.20. The van der Waals surface area contributed by atoms with Crippen molar-refractivity contribution in [2.75, 3.05) is 13.1 Å². The van der Waals surface area contributed by atoms with Crippen LogP contribution in [0.25, 0.3) is 0 Å². The smallest absolute Gasteiger partial charge is 0.337 e. The molecule has 1 saturated heterocycles. The Morgan fingerprint density at radius 2 is 2.13 bits per heavy atom. The number of rotatable bonds is 2. The van der Waals surface area contributed by atoms with Gasteiger partial charge in [0.15, 0.2) is 0 Å². The molecule has 0 saturated carbocycles. The molecule has 3 heterocycles. The maximum absolute atomic E-state index is 12.6. The van der Waals surface area contributed by atoms with E-state index in [1.807, 2.05) is 6.92 Å². The quantitative estimate of drug-likeness (QED) is 0.899. The average Bonchev–Trinajstić information content (AvgIpc) is 2.53. The minimum Gasteiger partial charge on any atom is -0.337 e. The zero-order chi connectivity index (χ0) is 16.4. The summed E-state index contributed by atoms with van der Waals surface area (Å²) in [6.07, 6.45) is 5.36. The summed E-state index contributed by atoms with van der Waals surface area (Å²) >= 11 is 0. The van der Waals surface area contributed by atoms with E-state index in [1.54, 1.807) is 30.3 Å². The number of carbonyl (C=O) groups excluding carboxylic acids is 1. The van der Waals surface area contributed by atoms with Gasteiger partial charge in [0.25, 0.3) is 5.91 Å². The van der Waals surface area contributed by atoms with Crippen molar-refractivity contribution in [1.29, 1.82) is 0 Å². The van der Waals surface area contributed by atoms with E-state index >= 15 is 0 Å². The predicted molar refractivity (Wildman–Crippen MR) is 84.2 cm³/mol. The van der Waals surface area contributed by atoms with Crippen LogP contribution in [0.15, 0.2) is 23.3 Å². The van der Waals surface area contributed by atoms with Gasteiger partial charge in [-0.1, -0.05) is 0 Å². The van der Waals surface area contributed by atoms with E-state index in [4.69, 9.17) is 0 Å². The number of aryl methyl sites for hydroxylation is 2. The Hall–Kier alpha value is -2.57. The first-order chi connectivity index (χ1) is 11.0. The largest absolute Gasteiger partial charge is 0.345 e. The molecule has 0 radical (unpaired) electrons. The lowest BCUT2D eigenvalue weighted by Crippen LogP contribution is -2.40. The molecule has 0 aliphatic carbocycles. The summed E-state index contributed by atoms with van der Waals surface area (Å²) in [6.45, 7) is 4.89. The molecule has 7 heteroatoms. The molecule has 2 aromatic heterocycles. The van der Waals surface area contributed by atoms with Crippen molar-refractivity contribution in [3.8, 4) is 0 Å². The zero-order valence-electron chi connectivity index (χ0n) is 13.2. The van der Waals surface area contributed by atoms with Gasteiger partial charge in [-0.3, -0.25) is 14.8 Å². The maximum Gasteiger partial charge on any atom is 0.345 e. The van der Waals surface area contributed by atoms with Crippen molar-refractivity contribution in [2.45, 2.75) is 32.6 Å². The van der Waals surface area contributed by atoms with Crippen LogP contribution >= 0.6 is 0 Å². The lowest BCUT2D eigenvalue weighted by atomic mass is 9.94. The van der Waals surface area contributed by atoms with Gasteiger partial charge in [-0.25, -0.2) is 4.79 Å². The van der Waals surface area contributed by atoms with Gasteiger partial charge in [0, 0.05) is 37.1 Å². The van der Waals surface area contributed by atoms with Crippen molar-refractivity contribution in [2.24, 2.45) is 0 Å². The number of nitrogens with one attached hydrogen (secondary N) is 1. The minimum atomic E-state index is -0.494. The number of aromatic nitrogens is 4. The fourth-order valence-corrected chi connectivity index (χ4v) is 2.93. The molecule has 23 heavy (non-hydrogen) atoms. The van der Waals surface area contributed by atoms with Crippen molar-refractivity contribution in [1.82, 2.24) is 24.8 Å². The van der Waals surface area contributed by atoms with Gasteiger partial charge in [0.1, 0.15) is 5.69 Å². The fraction of sp³-hybridized carbons (Fsp3) is 0.438. The highest BCUT2D eigenvalue weighted by atomic mass is 16.2. The van der Waals surface area contributed by atoms with Gasteiger partial charge in [0.05, 0.1) is 11.4 Å². The van der Waals surface area contributed by atoms with Crippen LogP contribution in [0.5, 0.6) is 0 Å². The van der Waals surface area contributed by atoms with Crippen molar-refractivity contribution < 1.29 is 4.79 Å². The number of aromatic amines is 1. The molecule has 0 aromatic carbocycles. The minimum absolute atomic E-state index is 0.170. The maximum atomic E-state index is 12.6. The first kappa shape index (κ1) is 15.3. The van der Waals surface area contributed by atoms with Crippen LogP contribution in [-0.4, -0.2) is 43.8 Å². The first-order valence-corrected chi connectivity index (χ1v) is 7.69. The molecule has 1 N–H and O–H groups in total. The molecule has 0 spiro atoms. The van der Waals surface area contributed by atoms with E-state index in [2.05, 4.69) is 19.9 Å². The Bertz CT molecular complexity index is 786. The van der Waals surface area contributed by atoms with Crippen LogP contribution in [0.1, 0.15) is 46.3 Å². The fourth-order valence-electron chi connectivity index (χ4n) is 2.93. The van der Waals surface area contributed by atoms with E-state index < -0.39 is 5.69 Å². The second-order valence-corrected chi connectivity index (χ2v) is 5.93. The van der Waals surface area contributed by atoms with Crippen LogP contribution in [0.4, 0.5) is 0 Å². The van der Waals surface area contributed by atoms with Gasteiger partial charge >= 0.3 is 5.69 Å². The summed E-state index contributed by atoms with van der Waals surface area (Å²) in [7, 11) is 0. The standard InChI is InChI=1S/C16H19N5O2/c1-10-6-13(20-16(23)19-10)15(22)21-5-3-4-12(9-21)14-8-17-7-11(2)18-14/h6-8,12H,3-5,9H2,1-2H3,(H,19,20,23)/t12-/m0/s1. The molecular formula is C16H19N5O2. The lowest BCUT2D eigenvalue weighted by Gasteiger charge is -2.32. The number of hydrogen-bond donors (Lipinski definition) is 1. The highest BCUT2D eigenvalue weighted by molar-refractivity contribution is 5.92. The summed E-state index contributed by atoms with van der Waals surface area (Å²) in [4.78, 5) is 40.9. The summed E-state index contributed by atoms with van der Waals surface area (Å²) in [6, 6.07) is 1.61. The van der Waals surface area contributed by atoms with E-state index in [1.165, 1.54) is 0 Å². The van der Waals surface area contributed by atoms with Gasteiger partial charge < -0.3 is 9.88 Å². The molecule has 0 unspecified atom stereocenters. The zero-order valence-corrected chi connectivity index (χ0v) is 13.2. The molecule has 1 amide bonds. The Kier molecular flexibility index (Phi) is 4.18. The van der Waals surface area contributed by atoms with Crippen LogP contribution in [0.3, 0.4) is 0 Å². The molecule has 1 fully saturated rings. The molecular weight excluding hydrogens is 294 g/mol. The van der Waals surface area contributed by atoms with E-state index in [0.717, 1.165) is 24.2 Å². The van der Waals surface area contributed by atoms with E-state index in [9.17, 15) is 9.59 Å². The summed E-state index contributed by atoms with van der Waals surface area (Å²) in [5.41, 5.74) is 2.12. The number of carbonyl (C=O) groups is 1. The van der Waals surface area contributed by atoms with Crippen LogP contribution in [0, 0.1) is 13.8 Å². The van der Waals surface area contributed by atoms with E-state index in [0.29, 0.717) is 18.8 Å². The molecule has 7 nitrogen and oxygen atoms in total. The number of likely N-dealkylation sites (tertiary alicyclic amines) is 1. The third-order valence-electron chi connectivity index (χ3n) is 4.00. The molecule has 2 aromatic rings. The second-order valence-electron chi connectivity index (χ2n) is 5.93. The van der Waals surface area contributed by atoms with Gasteiger partial charge in [-0.05, 0) is 32.8 Å². The van der Waals surface area contributed by atoms with E-state index in [-0.39, 0.29) is 17.5 Å². The van der Waals surface area contributed by atoms with Crippen LogP contribution in [-0.2, 0) is 0 Å². The monoisotopic (exact) mass is 313 g/mol. The Balaban J connectivity index is 1.80. The highest BCUT2D eigenvalue weighted by Crippen LogP contribution is 2.26. The lowest BCUT2D eigenvalue weighted by molar-refractivity contribution is 0.0699.